The van der Waals surface area contributed by atoms with Crippen molar-refractivity contribution >= 4 is 11.7 Å². The molecule has 0 aliphatic heterocycles. The van der Waals surface area contributed by atoms with Crippen LogP contribution >= 0.6 is 0 Å². The van der Waals surface area contributed by atoms with Gasteiger partial charge in [-0.25, -0.2) is 13.6 Å². The fourth-order valence-corrected chi connectivity index (χ4v) is 2.22. The Morgan fingerprint density at radius 3 is 2.48 bits per heavy atom. The number of carboxylic acids is 1. The Morgan fingerprint density at radius 2 is 1.86 bits per heavy atom. The summed E-state index contributed by atoms with van der Waals surface area (Å²) >= 11 is 0. The first-order valence-electron chi connectivity index (χ1n) is 6.42. The van der Waals surface area contributed by atoms with Gasteiger partial charge in [-0.2, -0.15) is 0 Å². The topological polar surface area (TPSA) is 40.5 Å². The van der Waals surface area contributed by atoms with Crippen molar-refractivity contribution in [1.29, 1.82) is 0 Å². The third kappa shape index (κ3) is 3.02. The second-order valence-electron chi connectivity index (χ2n) is 4.78. The Labute approximate surface area is 121 Å². The van der Waals surface area contributed by atoms with Crippen molar-refractivity contribution in [2.45, 2.75) is 13.0 Å². The van der Waals surface area contributed by atoms with Crippen molar-refractivity contribution < 1.29 is 18.7 Å². The number of hydrogen-bond donors (Lipinski definition) is 1. The molecule has 0 heterocycles. The third-order valence-corrected chi connectivity index (χ3v) is 3.51. The van der Waals surface area contributed by atoms with Crippen LogP contribution in [0.25, 0.3) is 0 Å². The van der Waals surface area contributed by atoms with E-state index in [-0.39, 0.29) is 11.4 Å². The Hall–Kier alpha value is -2.43. The van der Waals surface area contributed by atoms with Gasteiger partial charge in [0, 0.05) is 12.6 Å². The number of halogens is 2. The number of carbonyl (C=O) groups is 1. The molecule has 0 spiro atoms. The molecule has 5 heteroatoms. The summed E-state index contributed by atoms with van der Waals surface area (Å²) in [6.07, 6.45) is 0. The standard InChI is InChI=1S/C16H15F2NO2/c1-10(12-5-3-4-6-14(12)18)19(2)15-8-7-11(17)9-13(15)16(20)21/h3-10H,1-2H3,(H,20,21). The molecule has 0 aliphatic rings. The zero-order chi connectivity index (χ0) is 15.6. The molecule has 1 atom stereocenters. The molecular weight excluding hydrogens is 276 g/mol. The molecule has 1 unspecified atom stereocenters. The molecule has 2 aromatic carbocycles. The number of carboxylic acid groups (broad SMARTS) is 1. The lowest BCUT2D eigenvalue weighted by atomic mass is 10.0. The van der Waals surface area contributed by atoms with Gasteiger partial charge in [-0.15, -0.1) is 0 Å². The first-order valence-corrected chi connectivity index (χ1v) is 6.42. The van der Waals surface area contributed by atoms with Crippen LogP contribution in [0.4, 0.5) is 14.5 Å². The van der Waals surface area contributed by atoms with Crippen molar-refractivity contribution in [3.63, 3.8) is 0 Å². The van der Waals surface area contributed by atoms with Crippen molar-refractivity contribution in [3.8, 4) is 0 Å². The molecule has 2 aromatic rings. The SMILES string of the molecule is CC(c1ccccc1F)N(C)c1ccc(F)cc1C(=O)O. The fourth-order valence-electron chi connectivity index (χ4n) is 2.22. The molecular formula is C16H15F2NO2. The van der Waals surface area contributed by atoms with Crippen LogP contribution in [0.5, 0.6) is 0 Å². The molecule has 0 saturated heterocycles. The molecule has 0 amide bonds. The van der Waals surface area contributed by atoms with Crippen molar-refractivity contribution in [3.05, 3.63) is 65.2 Å². The zero-order valence-corrected chi connectivity index (χ0v) is 11.7. The molecule has 0 aliphatic carbocycles. The van der Waals surface area contributed by atoms with E-state index in [2.05, 4.69) is 0 Å². The smallest absolute Gasteiger partial charge is 0.337 e. The summed E-state index contributed by atoms with van der Waals surface area (Å²) in [5.41, 5.74) is 0.626. The van der Waals surface area contributed by atoms with Gasteiger partial charge in [0.25, 0.3) is 0 Å². The Kier molecular flexibility index (Phi) is 4.21. The van der Waals surface area contributed by atoms with E-state index in [1.54, 1.807) is 37.1 Å². The number of anilines is 1. The van der Waals surface area contributed by atoms with Crippen molar-refractivity contribution in [2.75, 3.05) is 11.9 Å². The van der Waals surface area contributed by atoms with Crippen LogP contribution in [0.3, 0.4) is 0 Å². The molecule has 0 radical (unpaired) electrons. The van der Waals surface area contributed by atoms with E-state index in [4.69, 9.17) is 0 Å². The van der Waals surface area contributed by atoms with Gasteiger partial charge in [-0.1, -0.05) is 18.2 Å². The molecule has 0 bridgehead atoms. The number of benzene rings is 2. The van der Waals surface area contributed by atoms with Crippen LogP contribution in [0.2, 0.25) is 0 Å². The Bertz CT molecular complexity index is 673. The van der Waals surface area contributed by atoms with Gasteiger partial charge in [-0.3, -0.25) is 0 Å². The van der Waals surface area contributed by atoms with Crippen molar-refractivity contribution in [2.24, 2.45) is 0 Å². The van der Waals surface area contributed by atoms with Crippen molar-refractivity contribution in [1.82, 2.24) is 0 Å². The molecule has 0 saturated carbocycles. The molecule has 3 nitrogen and oxygen atoms in total. The largest absolute Gasteiger partial charge is 0.478 e. The maximum atomic E-state index is 13.8. The molecule has 0 fully saturated rings. The summed E-state index contributed by atoms with van der Waals surface area (Å²) < 4.78 is 27.1. The average molecular weight is 291 g/mol. The average Bonchev–Trinajstić information content (AvgIpc) is 2.46. The summed E-state index contributed by atoms with van der Waals surface area (Å²) in [4.78, 5) is 12.8. The van der Waals surface area contributed by atoms with Crippen LogP contribution in [0.1, 0.15) is 28.9 Å². The number of rotatable bonds is 4. The second kappa shape index (κ2) is 5.91. The Balaban J connectivity index is 2.43. The number of aromatic carboxylic acids is 1. The molecule has 1 N–H and O–H groups in total. The highest BCUT2D eigenvalue weighted by Gasteiger charge is 2.21. The summed E-state index contributed by atoms with van der Waals surface area (Å²) in [6.45, 7) is 1.76. The normalized spacial score (nSPS) is 12.0. The van der Waals surface area contributed by atoms with Crippen LogP contribution in [0.15, 0.2) is 42.5 Å². The van der Waals surface area contributed by atoms with Gasteiger partial charge in [0.2, 0.25) is 0 Å². The van der Waals surface area contributed by atoms with E-state index in [0.29, 0.717) is 11.3 Å². The van der Waals surface area contributed by atoms with E-state index in [0.717, 1.165) is 6.07 Å². The van der Waals surface area contributed by atoms with Crippen LogP contribution in [-0.4, -0.2) is 18.1 Å². The van der Waals surface area contributed by atoms with Gasteiger partial charge in [-0.05, 0) is 31.2 Å². The summed E-state index contributed by atoms with van der Waals surface area (Å²) in [5, 5.41) is 9.18. The number of nitrogens with zero attached hydrogens (tertiary/aromatic N) is 1. The highest BCUT2D eigenvalue weighted by Crippen LogP contribution is 2.30. The number of hydrogen-bond acceptors (Lipinski definition) is 2. The van der Waals surface area contributed by atoms with E-state index in [9.17, 15) is 18.7 Å². The minimum absolute atomic E-state index is 0.152. The van der Waals surface area contributed by atoms with Gasteiger partial charge in [0.1, 0.15) is 11.6 Å². The van der Waals surface area contributed by atoms with Gasteiger partial charge < -0.3 is 10.0 Å². The van der Waals surface area contributed by atoms with Crippen LogP contribution in [0, 0.1) is 11.6 Å². The zero-order valence-electron chi connectivity index (χ0n) is 11.7. The predicted molar refractivity (Wildman–Crippen MR) is 76.6 cm³/mol. The van der Waals surface area contributed by atoms with Crippen LogP contribution in [-0.2, 0) is 0 Å². The monoisotopic (exact) mass is 291 g/mol. The minimum atomic E-state index is -1.22. The lowest BCUT2D eigenvalue weighted by molar-refractivity contribution is 0.0697. The summed E-state index contributed by atoms with van der Waals surface area (Å²) in [6, 6.07) is 9.43. The highest BCUT2D eigenvalue weighted by atomic mass is 19.1. The first-order chi connectivity index (χ1) is 9.91. The van der Waals surface area contributed by atoms with Gasteiger partial charge >= 0.3 is 5.97 Å². The second-order valence-corrected chi connectivity index (χ2v) is 4.78. The van der Waals surface area contributed by atoms with E-state index in [1.807, 2.05) is 0 Å². The predicted octanol–water partition coefficient (Wildman–Crippen LogP) is 3.86. The lowest BCUT2D eigenvalue weighted by Crippen LogP contribution is -2.24. The highest BCUT2D eigenvalue weighted by molar-refractivity contribution is 5.94. The molecule has 2 rings (SSSR count). The van der Waals surface area contributed by atoms with E-state index < -0.39 is 17.8 Å². The van der Waals surface area contributed by atoms with Gasteiger partial charge in [0.05, 0.1) is 17.3 Å². The lowest BCUT2D eigenvalue weighted by Gasteiger charge is -2.28. The maximum absolute atomic E-state index is 13.8. The third-order valence-electron chi connectivity index (χ3n) is 3.51. The first kappa shape index (κ1) is 15.0. The van der Waals surface area contributed by atoms with E-state index >= 15 is 0 Å². The van der Waals surface area contributed by atoms with E-state index in [1.165, 1.54) is 18.2 Å². The fraction of sp³-hybridized carbons (Fsp3) is 0.188. The Morgan fingerprint density at radius 1 is 1.19 bits per heavy atom. The molecule has 110 valence electrons. The van der Waals surface area contributed by atoms with Gasteiger partial charge in [0.15, 0.2) is 0 Å². The minimum Gasteiger partial charge on any atom is -0.478 e. The maximum Gasteiger partial charge on any atom is 0.337 e. The summed E-state index contributed by atoms with van der Waals surface area (Å²) in [5.74, 6) is -2.21. The summed E-state index contributed by atoms with van der Waals surface area (Å²) in [7, 11) is 1.65. The molecule has 21 heavy (non-hydrogen) atoms. The quantitative estimate of drug-likeness (QED) is 0.930. The van der Waals surface area contributed by atoms with Crippen LogP contribution < -0.4 is 4.90 Å². The molecule has 0 aromatic heterocycles.